The van der Waals surface area contributed by atoms with E-state index in [0.29, 0.717) is 21.7 Å². The van der Waals surface area contributed by atoms with Crippen LogP contribution >= 0.6 is 23.1 Å². The van der Waals surface area contributed by atoms with Gasteiger partial charge >= 0.3 is 0 Å². The number of nitrogens with zero attached hydrogens (tertiary/aromatic N) is 5. The number of para-hydroxylation sites is 1. The van der Waals surface area contributed by atoms with Crippen molar-refractivity contribution in [2.75, 3.05) is 10.2 Å². The molecule has 0 aliphatic heterocycles. The molecule has 1 N–H and O–H groups in total. The lowest BCUT2D eigenvalue weighted by Gasteiger charge is -2.17. The quantitative estimate of drug-likeness (QED) is 0.377. The van der Waals surface area contributed by atoms with Crippen molar-refractivity contribution in [1.82, 2.24) is 19.7 Å². The first-order valence-corrected chi connectivity index (χ1v) is 12.0. The first kappa shape index (κ1) is 22.7. The van der Waals surface area contributed by atoms with Gasteiger partial charge in [0.05, 0.1) is 17.1 Å². The van der Waals surface area contributed by atoms with Gasteiger partial charge in [-0.2, -0.15) is 0 Å². The van der Waals surface area contributed by atoms with Crippen LogP contribution in [0.4, 0.5) is 16.5 Å². The van der Waals surface area contributed by atoms with Crippen molar-refractivity contribution in [2.24, 2.45) is 0 Å². The summed E-state index contributed by atoms with van der Waals surface area (Å²) in [6.45, 7) is 4.89. The van der Waals surface area contributed by atoms with E-state index >= 15 is 0 Å². The molecule has 0 aliphatic rings. The Morgan fingerprint density at radius 3 is 2.61 bits per heavy atom. The second-order valence-corrected chi connectivity index (χ2v) is 8.98. The SMILES string of the molecule is CC(=O)Nc1cccc(-n2c(C)nnc2SCc2csc(N(C(C)=O)c3ccccc3)n2)c1. The number of carbonyl (C=O) groups is 2. The number of aromatic nitrogens is 4. The van der Waals surface area contributed by atoms with Gasteiger partial charge in [-0.05, 0) is 37.3 Å². The maximum atomic E-state index is 12.3. The van der Waals surface area contributed by atoms with Gasteiger partial charge in [-0.3, -0.25) is 19.1 Å². The van der Waals surface area contributed by atoms with Crippen LogP contribution in [0.25, 0.3) is 5.69 Å². The van der Waals surface area contributed by atoms with Crippen LogP contribution in [-0.2, 0) is 15.3 Å². The van der Waals surface area contributed by atoms with Crippen molar-refractivity contribution in [3.63, 3.8) is 0 Å². The maximum Gasteiger partial charge on any atom is 0.230 e. The number of rotatable bonds is 7. The predicted molar refractivity (Wildman–Crippen MR) is 131 cm³/mol. The summed E-state index contributed by atoms with van der Waals surface area (Å²) in [5, 5.41) is 14.6. The van der Waals surface area contributed by atoms with Crippen molar-refractivity contribution in [3.8, 4) is 5.69 Å². The van der Waals surface area contributed by atoms with Crippen LogP contribution in [0.1, 0.15) is 25.4 Å². The number of hydrogen-bond donors (Lipinski definition) is 1. The highest BCUT2D eigenvalue weighted by Crippen LogP contribution is 2.31. The molecule has 0 atom stereocenters. The van der Waals surface area contributed by atoms with Gasteiger partial charge in [0.25, 0.3) is 0 Å². The molecule has 33 heavy (non-hydrogen) atoms. The van der Waals surface area contributed by atoms with E-state index in [4.69, 9.17) is 0 Å². The lowest BCUT2D eigenvalue weighted by molar-refractivity contribution is -0.116. The fourth-order valence-electron chi connectivity index (χ4n) is 3.27. The molecule has 168 valence electrons. The van der Waals surface area contributed by atoms with E-state index in [1.807, 2.05) is 71.5 Å². The third kappa shape index (κ3) is 5.29. The molecule has 0 saturated heterocycles. The van der Waals surface area contributed by atoms with E-state index in [-0.39, 0.29) is 11.8 Å². The highest BCUT2D eigenvalue weighted by atomic mass is 32.2. The zero-order valence-corrected chi connectivity index (χ0v) is 20.0. The molecule has 4 rings (SSSR count). The van der Waals surface area contributed by atoms with Gasteiger partial charge in [0.2, 0.25) is 11.8 Å². The topological polar surface area (TPSA) is 93.0 Å². The van der Waals surface area contributed by atoms with Gasteiger partial charge in [-0.1, -0.05) is 36.0 Å². The van der Waals surface area contributed by atoms with Crippen molar-refractivity contribution in [1.29, 1.82) is 0 Å². The van der Waals surface area contributed by atoms with Crippen LogP contribution in [0.2, 0.25) is 0 Å². The molecule has 10 heteroatoms. The Hall–Kier alpha value is -3.50. The van der Waals surface area contributed by atoms with Gasteiger partial charge in [-0.15, -0.1) is 21.5 Å². The first-order valence-electron chi connectivity index (χ1n) is 10.2. The summed E-state index contributed by atoms with van der Waals surface area (Å²) in [5.41, 5.74) is 3.20. The molecule has 0 aliphatic carbocycles. The Labute approximate surface area is 199 Å². The van der Waals surface area contributed by atoms with Crippen molar-refractivity contribution in [3.05, 3.63) is 71.5 Å². The minimum absolute atomic E-state index is 0.0934. The van der Waals surface area contributed by atoms with Gasteiger partial charge in [0.15, 0.2) is 10.3 Å². The average molecular weight is 479 g/mol. The Morgan fingerprint density at radius 1 is 1.09 bits per heavy atom. The molecule has 0 fully saturated rings. The molecule has 2 heterocycles. The third-order valence-corrected chi connectivity index (χ3v) is 6.47. The molecule has 2 aromatic heterocycles. The summed E-state index contributed by atoms with van der Waals surface area (Å²) in [5.74, 6) is 1.09. The fourth-order valence-corrected chi connectivity index (χ4v) is 5.15. The van der Waals surface area contributed by atoms with Crippen molar-refractivity contribution >= 4 is 51.4 Å². The van der Waals surface area contributed by atoms with Crippen LogP contribution < -0.4 is 10.2 Å². The standard InChI is InChI=1S/C23H22N6O2S2/c1-15-26-27-23(28(15)21-11-7-8-18(12-21)24-16(2)30)33-14-19-13-32-22(25-19)29(17(3)31)20-9-5-4-6-10-20/h4-13H,14H2,1-3H3,(H,24,30). The molecule has 8 nitrogen and oxygen atoms in total. The number of amides is 2. The Balaban J connectivity index is 1.53. The van der Waals surface area contributed by atoms with E-state index in [1.165, 1.54) is 36.9 Å². The van der Waals surface area contributed by atoms with Gasteiger partial charge in [0.1, 0.15) is 5.82 Å². The fraction of sp³-hybridized carbons (Fsp3) is 0.174. The molecule has 2 aromatic carbocycles. The lowest BCUT2D eigenvalue weighted by Crippen LogP contribution is -2.22. The van der Waals surface area contributed by atoms with Crippen LogP contribution in [-0.4, -0.2) is 31.6 Å². The number of thiazole rings is 1. The van der Waals surface area contributed by atoms with Crippen LogP contribution in [0, 0.1) is 6.92 Å². The summed E-state index contributed by atoms with van der Waals surface area (Å²) in [6.07, 6.45) is 0. The van der Waals surface area contributed by atoms with E-state index < -0.39 is 0 Å². The normalized spacial score (nSPS) is 10.8. The minimum atomic E-state index is -0.128. The largest absolute Gasteiger partial charge is 0.326 e. The van der Waals surface area contributed by atoms with E-state index in [1.54, 1.807) is 4.90 Å². The number of carbonyl (C=O) groups excluding carboxylic acids is 2. The molecule has 0 radical (unpaired) electrons. The molecule has 0 unspecified atom stereocenters. The zero-order chi connectivity index (χ0) is 23.4. The summed E-state index contributed by atoms with van der Waals surface area (Å²) in [7, 11) is 0. The predicted octanol–water partition coefficient (Wildman–Crippen LogP) is 4.97. The summed E-state index contributed by atoms with van der Waals surface area (Å²) < 4.78 is 1.94. The molecule has 0 spiro atoms. The van der Waals surface area contributed by atoms with Crippen molar-refractivity contribution in [2.45, 2.75) is 31.7 Å². The number of benzene rings is 2. The van der Waals surface area contributed by atoms with Crippen LogP contribution in [0.3, 0.4) is 0 Å². The van der Waals surface area contributed by atoms with E-state index in [9.17, 15) is 9.59 Å². The molecule has 0 bridgehead atoms. The Morgan fingerprint density at radius 2 is 1.88 bits per heavy atom. The molecule has 0 saturated carbocycles. The molecule has 4 aromatic rings. The Kier molecular flexibility index (Phi) is 6.85. The number of anilines is 3. The number of thioether (sulfide) groups is 1. The van der Waals surface area contributed by atoms with Crippen LogP contribution in [0.5, 0.6) is 0 Å². The minimum Gasteiger partial charge on any atom is -0.326 e. The maximum absolute atomic E-state index is 12.3. The zero-order valence-electron chi connectivity index (χ0n) is 18.3. The molecule has 2 amide bonds. The number of aryl methyl sites for hydroxylation is 1. The molecular formula is C23H22N6O2S2. The van der Waals surface area contributed by atoms with E-state index in [0.717, 1.165) is 22.9 Å². The van der Waals surface area contributed by atoms with Crippen LogP contribution in [0.15, 0.2) is 65.1 Å². The summed E-state index contributed by atoms with van der Waals surface area (Å²) >= 11 is 2.93. The molecular weight excluding hydrogens is 456 g/mol. The van der Waals surface area contributed by atoms with Crippen molar-refractivity contribution < 1.29 is 9.59 Å². The summed E-state index contributed by atoms with van der Waals surface area (Å²) in [6, 6.07) is 17.0. The third-order valence-electron chi connectivity index (χ3n) is 4.63. The van der Waals surface area contributed by atoms with Gasteiger partial charge < -0.3 is 5.32 Å². The first-order chi connectivity index (χ1) is 15.9. The van der Waals surface area contributed by atoms with E-state index in [2.05, 4.69) is 20.5 Å². The van der Waals surface area contributed by atoms with Gasteiger partial charge in [0, 0.05) is 30.7 Å². The second kappa shape index (κ2) is 9.97. The number of hydrogen-bond acceptors (Lipinski definition) is 7. The summed E-state index contributed by atoms with van der Waals surface area (Å²) in [4.78, 5) is 30.0. The number of nitrogens with one attached hydrogen (secondary N) is 1. The average Bonchev–Trinajstić information content (AvgIpc) is 3.39. The monoisotopic (exact) mass is 478 g/mol. The Bertz CT molecular complexity index is 1290. The second-order valence-electron chi connectivity index (χ2n) is 7.20. The highest BCUT2D eigenvalue weighted by Gasteiger charge is 2.18. The smallest absolute Gasteiger partial charge is 0.230 e. The lowest BCUT2D eigenvalue weighted by atomic mass is 10.2. The van der Waals surface area contributed by atoms with Gasteiger partial charge in [-0.25, -0.2) is 4.98 Å². The highest BCUT2D eigenvalue weighted by molar-refractivity contribution is 7.98.